The van der Waals surface area contributed by atoms with Crippen LogP contribution in [0.2, 0.25) is 0 Å². The van der Waals surface area contributed by atoms with E-state index in [4.69, 9.17) is 4.98 Å². The number of rotatable bonds is 3. The molecule has 3 rings (SSSR count). The normalized spacial score (nSPS) is 16.1. The molecule has 1 heterocycles. The maximum absolute atomic E-state index is 4.70. The van der Waals surface area contributed by atoms with Crippen LogP contribution in [0.25, 0.3) is 5.69 Å². The molecule has 0 amide bonds. The molecule has 0 spiro atoms. The van der Waals surface area contributed by atoms with Gasteiger partial charge in [-0.15, -0.1) is 0 Å². The molecule has 0 bridgehead atoms. The lowest BCUT2D eigenvalue weighted by atomic mass is 9.96. The quantitative estimate of drug-likeness (QED) is 0.896. The van der Waals surface area contributed by atoms with Crippen LogP contribution in [0, 0.1) is 20.8 Å². The number of imidazole rings is 1. The van der Waals surface area contributed by atoms with Crippen LogP contribution in [0.4, 0.5) is 5.95 Å². The smallest absolute Gasteiger partial charge is 0.207 e. The first-order chi connectivity index (χ1) is 10.1. The van der Waals surface area contributed by atoms with Gasteiger partial charge in [0, 0.05) is 12.2 Å². The molecule has 0 atom stereocenters. The highest BCUT2D eigenvalue weighted by Crippen LogP contribution is 2.25. The summed E-state index contributed by atoms with van der Waals surface area (Å²) in [6, 6.07) is 7.04. The zero-order valence-electron chi connectivity index (χ0n) is 13.3. The van der Waals surface area contributed by atoms with Gasteiger partial charge in [-0.3, -0.25) is 4.57 Å². The molecular weight excluding hydrogens is 258 g/mol. The molecule has 1 aliphatic carbocycles. The number of benzene rings is 1. The van der Waals surface area contributed by atoms with Crippen LogP contribution in [0.3, 0.4) is 0 Å². The molecule has 1 saturated carbocycles. The average molecular weight is 283 g/mol. The van der Waals surface area contributed by atoms with Crippen molar-refractivity contribution in [3.8, 4) is 5.69 Å². The van der Waals surface area contributed by atoms with Gasteiger partial charge >= 0.3 is 0 Å². The molecule has 3 nitrogen and oxygen atoms in total. The fourth-order valence-electron chi connectivity index (χ4n) is 3.21. The number of aromatic nitrogens is 2. The minimum absolute atomic E-state index is 0.574. The SMILES string of the molecule is Cc1cn(-c2cccc(C)c2C)c(NC2CCCCC2)n1. The Morgan fingerprint density at radius 3 is 2.62 bits per heavy atom. The molecule has 1 N–H and O–H groups in total. The van der Waals surface area contributed by atoms with Gasteiger partial charge in [0.1, 0.15) is 0 Å². The van der Waals surface area contributed by atoms with Gasteiger partial charge in [-0.25, -0.2) is 4.98 Å². The van der Waals surface area contributed by atoms with Gasteiger partial charge in [0.15, 0.2) is 0 Å². The second-order valence-electron chi connectivity index (χ2n) is 6.27. The van der Waals surface area contributed by atoms with Gasteiger partial charge in [-0.2, -0.15) is 0 Å². The first-order valence-corrected chi connectivity index (χ1v) is 8.04. The first-order valence-electron chi connectivity index (χ1n) is 8.04. The average Bonchev–Trinajstić information content (AvgIpc) is 2.83. The topological polar surface area (TPSA) is 29.9 Å². The highest BCUT2D eigenvalue weighted by atomic mass is 15.2. The minimum Gasteiger partial charge on any atom is -0.353 e. The Labute approximate surface area is 127 Å². The van der Waals surface area contributed by atoms with Crippen LogP contribution in [0.5, 0.6) is 0 Å². The molecule has 112 valence electrons. The number of nitrogens with zero attached hydrogens (tertiary/aromatic N) is 2. The summed E-state index contributed by atoms with van der Waals surface area (Å²) in [6.45, 7) is 6.41. The first kappa shape index (κ1) is 14.2. The van der Waals surface area contributed by atoms with Crippen LogP contribution in [-0.2, 0) is 0 Å². The van der Waals surface area contributed by atoms with Crippen molar-refractivity contribution in [2.24, 2.45) is 0 Å². The van der Waals surface area contributed by atoms with Crippen molar-refractivity contribution in [2.75, 3.05) is 5.32 Å². The van der Waals surface area contributed by atoms with E-state index in [1.807, 2.05) is 0 Å². The summed E-state index contributed by atoms with van der Waals surface area (Å²) in [4.78, 5) is 4.70. The third-order valence-electron chi connectivity index (χ3n) is 4.60. The van der Waals surface area contributed by atoms with Crippen molar-refractivity contribution in [1.29, 1.82) is 0 Å². The Morgan fingerprint density at radius 1 is 1.10 bits per heavy atom. The lowest BCUT2D eigenvalue weighted by Crippen LogP contribution is -2.24. The molecule has 1 aromatic carbocycles. The summed E-state index contributed by atoms with van der Waals surface area (Å²) in [5.41, 5.74) is 4.94. The predicted octanol–water partition coefficient (Wildman–Crippen LogP) is 4.54. The Hall–Kier alpha value is -1.77. The summed E-state index contributed by atoms with van der Waals surface area (Å²) in [5.74, 6) is 0.994. The van der Waals surface area contributed by atoms with Crippen LogP contribution in [0.15, 0.2) is 24.4 Å². The molecule has 1 aliphatic rings. The second-order valence-corrected chi connectivity index (χ2v) is 6.27. The minimum atomic E-state index is 0.574. The summed E-state index contributed by atoms with van der Waals surface area (Å²) in [6.07, 6.45) is 8.70. The standard InChI is InChI=1S/C18H25N3/c1-13-8-7-11-17(15(13)3)21-12-14(2)19-18(21)20-16-9-5-4-6-10-16/h7-8,11-12,16H,4-6,9-10H2,1-3H3,(H,19,20). The number of aryl methyl sites for hydroxylation is 2. The Kier molecular flexibility index (Phi) is 4.00. The van der Waals surface area contributed by atoms with Gasteiger partial charge in [0.25, 0.3) is 0 Å². The van der Waals surface area contributed by atoms with Gasteiger partial charge < -0.3 is 5.32 Å². The maximum atomic E-state index is 4.70. The van der Waals surface area contributed by atoms with Crippen molar-refractivity contribution < 1.29 is 0 Å². The Bertz CT molecular complexity index is 621. The van der Waals surface area contributed by atoms with Crippen molar-refractivity contribution in [2.45, 2.75) is 58.9 Å². The van der Waals surface area contributed by atoms with Crippen LogP contribution in [-0.4, -0.2) is 15.6 Å². The predicted molar refractivity (Wildman–Crippen MR) is 88.3 cm³/mol. The van der Waals surface area contributed by atoms with E-state index in [9.17, 15) is 0 Å². The highest BCUT2D eigenvalue weighted by molar-refractivity contribution is 5.50. The fraction of sp³-hybridized carbons (Fsp3) is 0.500. The lowest BCUT2D eigenvalue weighted by Gasteiger charge is -2.24. The van der Waals surface area contributed by atoms with Crippen LogP contribution < -0.4 is 5.32 Å². The summed E-state index contributed by atoms with van der Waals surface area (Å²) in [5, 5.41) is 3.67. The Balaban J connectivity index is 1.93. The largest absolute Gasteiger partial charge is 0.353 e. The number of hydrogen-bond acceptors (Lipinski definition) is 2. The van der Waals surface area contributed by atoms with Gasteiger partial charge in [0.2, 0.25) is 5.95 Å². The second kappa shape index (κ2) is 5.92. The zero-order chi connectivity index (χ0) is 14.8. The molecular formula is C18H25N3. The zero-order valence-corrected chi connectivity index (χ0v) is 13.3. The van der Waals surface area contributed by atoms with Crippen molar-refractivity contribution >= 4 is 5.95 Å². The third kappa shape index (κ3) is 2.97. The van der Waals surface area contributed by atoms with Crippen molar-refractivity contribution in [1.82, 2.24) is 9.55 Å². The van der Waals surface area contributed by atoms with Crippen molar-refractivity contribution in [3.63, 3.8) is 0 Å². The van der Waals surface area contributed by atoms with E-state index < -0.39 is 0 Å². The number of hydrogen-bond donors (Lipinski definition) is 1. The van der Waals surface area contributed by atoms with Gasteiger partial charge in [-0.1, -0.05) is 31.4 Å². The fourth-order valence-corrected chi connectivity index (χ4v) is 3.21. The van der Waals surface area contributed by atoms with Crippen LogP contribution in [0.1, 0.15) is 48.9 Å². The molecule has 3 heteroatoms. The molecule has 0 saturated heterocycles. The molecule has 1 fully saturated rings. The van der Waals surface area contributed by atoms with E-state index in [0.29, 0.717) is 6.04 Å². The number of nitrogens with one attached hydrogen (secondary N) is 1. The number of anilines is 1. The van der Waals surface area contributed by atoms with Gasteiger partial charge in [0.05, 0.1) is 11.4 Å². The van der Waals surface area contributed by atoms with E-state index in [2.05, 4.69) is 55.1 Å². The summed E-state index contributed by atoms with van der Waals surface area (Å²) < 4.78 is 2.21. The monoisotopic (exact) mass is 283 g/mol. The van der Waals surface area contributed by atoms with Gasteiger partial charge in [-0.05, 0) is 50.8 Å². The van der Waals surface area contributed by atoms with Crippen LogP contribution >= 0.6 is 0 Å². The molecule has 1 aromatic heterocycles. The van der Waals surface area contributed by atoms with E-state index in [0.717, 1.165) is 11.6 Å². The summed E-state index contributed by atoms with van der Waals surface area (Å²) in [7, 11) is 0. The molecule has 21 heavy (non-hydrogen) atoms. The molecule has 0 radical (unpaired) electrons. The van der Waals surface area contributed by atoms with E-state index >= 15 is 0 Å². The Morgan fingerprint density at radius 2 is 1.86 bits per heavy atom. The summed E-state index contributed by atoms with van der Waals surface area (Å²) >= 11 is 0. The third-order valence-corrected chi connectivity index (χ3v) is 4.60. The molecule has 0 aliphatic heterocycles. The van der Waals surface area contributed by atoms with E-state index in [1.54, 1.807) is 0 Å². The van der Waals surface area contributed by atoms with E-state index in [-0.39, 0.29) is 0 Å². The van der Waals surface area contributed by atoms with Crippen molar-refractivity contribution in [3.05, 3.63) is 41.2 Å². The lowest BCUT2D eigenvalue weighted by molar-refractivity contribution is 0.460. The molecule has 2 aromatic rings. The molecule has 0 unspecified atom stereocenters. The van der Waals surface area contributed by atoms with E-state index in [1.165, 1.54) is 48.9 Å². The highest BCUT2D eigenvalue weighted by Gasteiger charge is 2.17. The maximum Gasteiger partial charge on any atom is 0.207 e.